The number of hydrogen-bond acceptors (Lipinski definition) is 3. The number of unbranched alkanes of at least 4 members (excludes halogenated alkanes) is 8. The number of rotatable bonds is 15. The molecular formula is C23H41NO2. The van der Waals surface area contributed by atoms with Crippen LogP contribution in [0.15, 0.2) is 16.1 Å². The molecule has 1 atom stereocenters. The van der Waals surface area contributed by atoms with Gasteiger partial charge in [-0.05, 0) is 52.4 Å². The molecule has 0 radical (unpaired) electrons. The highest BCUT2D eigenvalue weighted by Gasteiger charge is 2.29. The predicted molar refractivity (Wildman–Crippen MR) is 111 cm³/mol. The van der Waals surface area contributed by atoms with Crippen LogP contribution in [0.5, 0.6) is 0 Å². The molecule has 0 amide bonds. The SMILES string of the molecule is CCCCCCCCC1=C(CCCCCCC(O)C2=NC(C)(C)CO2)C1. The first-order valence-electron chi connectivity index (χ1n) is 11.1. The van der Waals surface area contributed by atoms with Crippen LogP contribution in [-0.4, -0.2) is 29.3 Å². The molecule has 1 N–H and O–H groups in total. The van der Waals surface area contributed by atoms with Crippen molar-refractivity contribution in [3.05, 3.63) is 11.1 Å². The molecule has 1 aliphatic heterocycles. The molecule has 0 aromatic carbocycles. The van der Waals surface area contributed by atoms with Gasteiger partial charge in [0.05, 0.1) is 5.54 Å². The second-order valence-electron chi connectivity index (χ2n) is 8.92. The smallest absolute Gasteiger partial charge is 0.213 e. The van der Waals surface area contributed by atoms with E-state index in [-0.39, 0.29) is 5.54 Å². The maximum Gasteiger partial charge on any atom is 0.213 e. The van der Waals surface area contributed by atoms with Crippen LogP contribution < -0.4 is 0 Å². The molecule has 1 heterocycles. The zero-order valence-electron chi connectivity index (χ0n) is 17.5. The third-order valence-corrected chi connectivity index (χ3v) is 5.61. The van der Waals surface area contributed by atoms with E-state index >= 15 is 0 Å². The van der Waals surface area contributed by atoms with Gasteiger partial charge in [-0.1, -0.05) is 69.4 Å². The summed E-state index contributed by atoms with van der Waals surface area (Å²) in [6.45, 7) is 6.96. The number of aliphatic imine (C=N–C) groups is 1. The lowest BCUT2D eigenvalue weighted by Crippen LogP contribution is -2.20. The van der Waals surface area contributed by atoms with Gasteiger partial charge in [-0.3, -0.25) is 0 Å². The molecule has 26 heavy (non-hydrogen) atoms. The molecule has 1 aliphatic carbocycles. The van der Waals surface area contributed by atoms with Gasteiger partial charge in [0.2, 0.25) is 5.90 Å². The number of aliphatic hydroxyl groups is 1. The molecule has 2 rings (SSSR count). The predicted octanol–water partition coefficient (Wildman–Crippen LogP) is 6.35. The van der Waals surface area contributed by atoms with Gasteiger partial charge in [0.15, 0.2) is 0 Å². The van der Waals surface area contributed by atoms with E-state index in [1.807, 2.05) is 13.8 Å². The maximum absolute atomic E-state index is 10.2. The zero-order chi connectivity index (χ0) is 18.8. The Morgan fingerprint density at radius 3 is 2.08 bits per heavy atom. The van der Waals surface area contributed by atoms with Crippen LogP contribution in [0, 0.1) is 0 Å². The quantitative estimate of drug-likeness (QED) is 0.272. The Balaban J connectivity index is 1.42. The Labute approximate surface area is 161 Å². The number of allylic oxidation sites excluding steroid dienone is 2. The minimum atomic E-state index is -0.508. The van der Waals surface area contributed by atoms with Crippen LogP contribution in [0.4, 0.5) is 0 Å². The maximum atomic E-state index is 10.2. The molecule has 0 saturated carbocycles. The molecule has 0 aromatic heterocycles. The third-order valence-electron chi connectivity index (χ3n) is 5.61. The van der Waals surface area contributed by atoms with Crippen molar-refractivity contribution in [1.82, 2.24) is 0 Å². The molecule has 0 bridgehead atoms. The molecule has 0 spiro atoms. The normalized spacial score (nSPS) is 19.5. The number of nitrogens with zero attached hydrogens (tertiary/aromatic N) is 1. The highest BCUT2D eigenvalue weighted by atomic mass is 16.5. The summed E-state index contributed by atoms with van der Waals surface area (Å²) in [6, 6.07) is 0. The van der Waals surface area contributed by atoms with E-state index in [1.54, 1.807) is 11.1 Å². The van der Waals surface area contributed by atoms with Crippen molar-refractivity contribution >= 4 is 5.90 Å². The van der Waals surface area contributed by atoms with E-state index in [0.29, 0.717) is 12.5 Å². The first-order valence-corrected chi connectivity index (χ1v) is 11.1. The fourth-order valence-corrected chi connectivity index (χ4v) is 3.80. The van der Waals surface area contributed by atoms with Gasteiger partial charge < -0.3 is 9.84 Å². The molecule has 1 unspecified atom stereocenters. The van der Waals surface area contributed by atoms with E-state index in [9.17, 15) is 5.11 Å². The summed E-state index contributed by atoms with van der Waals surface area (Å²) in [6.07, 6.45) is 17.6. The van der Waals surface area contributed by atoms with Gasteiger partial charge in [0.1, 0.15) is 12.7 Å². The molecule has 0 aromatic rings. The fourth-order valence-electron chi connectivity index (χ4n) is 3.80. The van der Waals surface area contributed by atoms with Crippen molar-refractivity contribution in [2.75, 3.05) is 6.61 Å². The molecule has 3 nitrogen and oxygen atoms in total. The van der Waals surface area contributed by atoms with E-state index in [1.165, 1.54) is 77.0 Å². The van der Waals surface area contributed by atoms with Gasteiger partial charge in [-0.2, -0.15) is 0 Å². The largest absolute Gasteiger partial charge is 0.477 e. The van der Waals surface area contributed by atoms with Gasteiger partial charge in [-0.15, -0.1) is 0 Å². The lowest BCUT2D eigenvalue weighted by atomic mass is 10.1. The van der Waals surface area contributed by atoms with Crippen LogP contribution >= 0.6 is 0 Å². The fraction of sp³-hybridized carbons (Fsp3) is 0.870. The van der Waals surface area contributed by atoms with Crippen LogP contribution in [0.3, 0.4) is 0 Å². The molecule has 2 aliphatic rings. The van der Waals surface area contributed by atoms with Crippen molar-refractivity contribution in [3.63, 3.8) is 0 Å². The molecule has 3 heteroatoms. The first-order chi connectivity index (χ1) is 12.5. The summed E-state index contributed by atoms with van der Waals surface area (Å²) in [5.41, 5.74) is 3.37. The van der Waals surface area contributed by atoms with Gasteiger partial charge >= 0.3 is 0 Å². The van der Waals surface area contributed by atoms with E-state index in [0.717, 1.165) is 12.8 Å². The third kappa shape index (κ3) is 8.24. The van der Waals surface area contributed by atoms with Gasteiger partial charge in [0.25, 0.3) is 0 Å². The summed E-state index contributed by atoms with van der Waals surface area (Å²) in [7, 11) is 0. The summed E-state index contributed by atoms with van der Waals surface area (Å²) in [4.78, 5) is 4.46. The summed E-state index contributed by atoms with van der Waals surface area (Å²) >= 11 is 0. The monoisotopic (exact) mass is 363 g/mol. The lowest BCUT2D eigenvalue weighted by molar-refractivity contribution is 0.180. The minimum Gasteiger partial charge on any atom is -0.477 e. The topological polar surface area (TPSA) is 41.8 Å². The van der Waals surface area contributed by atoms with Gasteiger partial charge in [-0.25, -0.2) is 4.99 Å². The second-order valence-corrected chi connectivity index (χ2v) is 8.92. The Morgan fingerprint density at radius 1 is 0.923 bits per heavy atom. The lowest BCUT2D eigenvalue weighted by Gasteiger charge is -2.09. The summed E-state index contributed by atoms with van der Waals surface area (Å²) in [5.74, 6) is 0.553. The van der Waals surface area contributed by atoms with Crippen LogP contribution in [-0.2, 0) is 4.74 Å². The van der Waals surface area contributed by atoms with Crippen LogP contribution in [0.2, 0.25) is 0 Å². The molecule has 0 fully saturated rings. The first kappa shape index (κ1) is 21.5. The highest BCUT2D eigenvalue weighted by molar-refractivity contribution is 5.82. The minimum absolute atomic E-state index is 0.165. The Hall–Kier alpha value is -0.830. The molecule has 0 saturated heterocycles. The standard InChI is InChI=1S/C23H41NO2/c1-4-5-6-7-8-11-14-19-17-20(19)15-12-9-10-13-16-21(25)22-24-23(2,3)18-26-22/h21,25H,4-18H2,1-3H3. The molecule has 150 valence electrons. The summed E-state index contributed by atoms with van der Waals surface area (Å²) < 4.78 is 5.51. The molecular weight excluding hydrogens is 322 g/mol. The van der Waals surface area contributed by atoms with Crippen LogP contribution in [0.25, 0.3) is 0 Å². The number of aliphatic hydroxyl groups excluding tert-OH is 1. The van der Waals surface area contributed by atoms with Crippen molar-refractivity contribution in [2.24, 2.45) is 4.99 Å². The van der Waals surface area contributed by atoms with Crippen molar-refractivity contribution < 1.29 is 9.84 Å². The Kier molecular flexibility index (Phi) is 9.18. The average Bonchev–Trinajstić information content (AvgIpc) is 3.25. The van der Waals surface area contributed by atoms with Crippen molar-refractivity contribution in [1.29, 1.82) is 0 Å². The Bertz CT molecular complexity index is 479. The van der Waals surface area contributed by atoms with Crippen molar-refractivity contribution in [3.8, 4) is 0 Å². The average molecular weight is 364 g/mol. The van der Waals surface area contributed by atoms with E-state index in [4.69, 9.17) is 4.74 Å². The Morgan fingerprint density at radius 2 is 1.50 bits per heavy atom. The number of ether oxygens (including phenoxy) is 1. The van der Waals surface area contributed by atoms with Crippen molar-refractivity contribution in [2.45, 2.75) is 122 Å². The highest BCUT2D eigenvalue weighted by Crippen LogP contribution is 2.38. The van der Waals surface area contributed by atoms with Crippen LogP contribution in [0.1, 0.15) is 111 Å². The second kappa shape index (κ2) is 11.1. The summed E-state index contributed by atoms with van der Waals surface area (Å²) in [5, 5.41) is 10.2. The number of hydrogen-bond donors (Lipinski definition) is 1. The van der Waals surface area contributed by atoms with Gasteiger partial charge in [0, 0.05) is 0 Å². The van der Waals surface area contributed by atoms with E-state index < -0.39 is 6.10 Å². The van der Waals surface area contributed by atoms with E-state index in [2.05, 4.69) is 11.9 Å². The zero-order valence-corrected chi connectivity index (χ0v) is 17.5.